The highest BCUT2D eigenvalue weighted by Gasteiger charge is 2.29. The molecule has 0 radical (unpaired) electrons. The van der Waals surface area contributed by atoms with E-state index >= 15 is 0 Å². The van der Waals surface area contributed by atoms with Gasteiger partial charge in [0.1, 0.15) is 5.39 Å². The van der Waals surface area contributed by atoms with Gasteiger partial charge in [0, 0.05) is 30.3 Å². The lowest BCUT2D eigenvalue weighted by molar-refractivity contribution is -0.118. The molecule has 0 fully saturated rings. The van der Waals surface area contributed by atoms with Gasteiger partial charge in [-0.25, -0.2) is 0 Å². The van der Waals surface area contributed by atoms with Gasteiger partial charge in [0.05, 0.1) is 28.3 Å². The lowest BCUT2D eigenvalue weighted by atomic mass is 10.0. The molecule has 0 aliphatic carbocycles. The third-order valence-corrected chi connectivity index (χ3v) is 6.99. The van der Waals surface area contributed by atoms with Crippen molar-refractivity contribution in [1.82, 2.24) is 14.6 Å². The number of benzene rings is 2. The van der Waals surface area contributed by atoms with E-state index in [-0.39, 0.29) is 36.0 Å². The van der Waals surface area contributed by atoms with Crippen LogP contribution in [0.2, 0.25) is 10.0 Å². The molecule has 0 saturated heterocycles. The summed E-state index contributed by atoms with van der Waals surface area (Å²) in [4.78, 5) is 40.7. The molecule has 4 rings (SSSR count). The molecule has 2 heterocycles. The van der Waals surface area contributed by atoms with Crippen molar-refractivity contribution in [2.75, 3.05) is 6.54 Å². The first-order valence-corrected chi connectivity index (χ1v) is 12.5. The number of carbonyl (C=O) groups is 2. The van der Waals surface area contributed by atoms with Crippen molar-refractivity contribution >= 4 is 46.0 Å². The molecule has 10 heteroatoms. The number of halogens is 2. The number of rotatable bonds is 9. The number of aryl methyl sites for hydroxylation is 1. The topological polar surface area (TPSA) is 111 Å². The molecule has 0 aliphatic heterocycles. The number of carbonyl (C=O) groups excluding carboxylic acids is 2. The number of fused-ring (bicyclic) bond motifs is 1. The molecule has 8 nitrogen and oxygen atoms in total. The molecule has 0 bridgehead atoms. The van der Waals surface area contributed by atoms with Crippen LogP contribution in [0.1, 0.15) is 53.1 Å². The number of amides is 2. The second-order valence-electron chi connectivity index (χ2n) is 8.72. The van der Waals surface area contributed by atoms with Gasteiger partial charge in [-0.1, -0.05) is 65.6 Å². The summed E-state index contributed by atoms with van der Waals surface area (Å²) in [6.45, 7) is 3.93. The van der Waals surface area contributed by atoms with Gasteiger partial charge in [-0.05, 0) is 37.1 Å². The monoisotopic (exact) mass is 540 g/mol. The quantitative estimate of drug-likeness (QED) is 0.316. The predicted octanol–water partition coefficient (Wildman–Crippen LogP) is 5.12. The summed E-state index contributed by atoms with van der Waals surface area (Å²) in [7, 11) is 0. The minimum atomic E-state index is -0.590. The first-order chi connectivity index (χ1) is 17.7. The van der Waals surface area contributed by atoms with Crippen LogP contribution in [-0.4, -0.2) is 33.0 Å². The van der Waals surface area contributed by atoms with Gasteiger partial charge in [0.25, 0.3) is 11.5 Å². The second kappa shape index (κ2) is 11.2. The van der Waals surface area contributed by atoms with Gasteiger partial charge in [0.2, 0.25) is 5.91 Å². The van der Waals surface area contributed by atoms with Gasteiger partial charge in [0.15, 0.2) is 5.58 Å². The molecular weight excluding hydrogens is 515 g/mol. The zero-order valence-electron chi connectivity index (χ0n) is 20.4. The largest absolute Gasteiger partial charge is 0.370 e. The van der Waals surface area contributed by atoms with Gasteiger partial charge in [-0.15, -0.1) is 0 Å². The summed E-state index contributed by atoms with van der Waals surface area (Å²) in [5, 5.41) is 4.91. The van der Waals surface area contributed by atoms with E-state index < -0.39 is 11.9 Å². The van der Waals surface area contributed by atoms with Crippen LogP contribution in [0.15, 0.2) is 63.9 Å². The zero-order valence-corrected chi connectivity index (χ0v) is 21.9. The van der Waals surface area contributed by atoms with Crippen LogP contribution in [0.25, 0.3) is 11.0 Å². The molecule has 2 amide bonds. The van der Waals surface area contributed by atoms with Gasteiger partial charge in [-0.3, -0.25) is 14.4 Å². The second-order valence-corrected chi connectivity index (χ2v) is 9.54. The van der Waals surface area contributed by atoms with Crippen LogP contribution in [0.4, 0.5) is 0 Å². The van der Waals surface area contributed by atoms with Crippen molar-refractivity contribution in [1.29, 1.82) is 0 Å². The smallest absolute Gasteiger partial charge is 0.264 e. The van der Waals surface area contributed by atoms with Crippen LogP contribution in [0, 0.1) is 6.92 Å². The highest BCUT2D eigenvalue weighted by Crippen LogP contribution is 2.30. The molecule has 0 aliphatic rings. The molecule has 1 atom stereocenters. The molecule has 2 N–H and O–H groups in total. The van der Waals surface area contributed by atoms with Crippen molar-refractivity contribution in [3.05, 3.63) is 97.5 Å². The number of pyridine rings is 1. The number of hydrogen-bond acceptors (Lipinski definition) is 5. The zero-order chi connectivity index (χ0) is 26.7. The Kier molecular flexibility index (Phi) is 8.00. The van der Waals surface area contributed by atoms with E-state index in [4.69, 9.17) is 33.5 Å². The van der Waals surface area contributed by atoms with Crippen LogP contribution in [0.3, 0.4) is 0 Å². The highest BCUT2D eigenvalue weighted by molar-refractivity contribution is 6.42. The maximum absolute atomic E-state index is 13.8. The minimum absolute atomic E-state index is 0.0416. The Morgan fingerprint density at radius 3 is 2.49 bits per heavy atom. The summed E-state index contributed by atoms with van der Waals surface area (Å²) in [6.07, 6.45) is 0.384. The normalized spacial score (nSPS) is 12.0. The Morgan fingerprint density at radius 2 is 1.84 bits per heavy atom. The third-order valence-electron chi connectivity index (χ3n) is 6.25. The highest BCUT2D eigenvalue weighted by atomic mass is 35.5. The Labute approximate surface area is 223 Å². The first-order valence-electron chi connectivity index (χ1n) is 11.8. The number of aromatic nitrogens is 2. The van der Waals surface area contributed by atoms with Crippen LogP contribution in [0.5, 0.6) is 0 Å². The molecule has 0 saturated carbocycles. The van der Waals surface area contributed by atoms with E-state index in [9.17, 15) is 14.4 Å². The standard InChI is InChI=1S/C27H26Cl2N4O4/c1-3-21(32(12-11-24(30)34)26(35)18-9-10-19(28)20(29)13-18)22-14-23-25(16(2)31-37-23)27(36)33(22)15-17-7-5-4-6-8-17/h4-10,13-14,21H,3,11-12,15H2,1-2H3,(H2,30,34). The average Bonchev–Trinajstić information content (AvgIpc) is 3.26. The summed E-state index contributed by atoms with van der Waals surface area (Å²) >= 11 is 12.2. The number of nitrogens with zero attached hydrogens (tertiary/aromatic N) is 3. The summed E-state index contributed by atoms with van der Waals surface area (Å²) in [6, 6.07) is 15.3. The van der Waals surface area contributed by atoms with Gasteiger partial charge < -0.3 is 19.7 Å². The van der Waals surface area contributed by atoms with Gasteiger partial charge >= 0.3 is 0 Å². The molecular formula is C27H26Cl2N4O4. The van der Waals surface area contributed by atoms with E-state index in [1.807, 2.05) is 37.3 Å². The van der Waals surface area contributed by atoms with Crippen molar-refractivity contribution in [3.63, 3.8) is 0 Å². The lowest BCUT2D eigenvalue weighted by Crippen LogP contribution is -2.40. The predicted molar refractivity (Wildman–Crippen MR) is 143 cm³/mol. The van der Waals surface area contributed by atoms with Crippen LogP contribution in [-0.2, 0) is 11.3 Å². The SMILES string of the molecule is CCC(c1cc2onc(C)c2c(=O)n1Cc1ccccc1)N(CCC(N)=O)C(=O)c1ccc(Cl)c(Cl)c1. The van der Waals surface area contributed by atoms with Crippen molar-refractivity contribution in [3.8, 4) is 0 Å². The summed E-state index contributed by atoms with van der Waals surface area (Å²) in [5.74, 6) is -0.927. The molecule has 37 heavy (non-hydrogen) atoms. The maximum Gasteiger partial charge on any atom is 0.264 e. The number of primary amides is 1. The fourth-order valence-electron chi connectivity index (χ4n) is 4.43. The lowest BCUT2D eigenvalue weighted by Gasteiger charge is -2.33. The third kappa shape index (κ3) is 5.55. The molecule has 4 aromatic rings. The van der Waals surface area contributed by atoms with Gasteiger partial charge in [-0.2, -0.15) is 0 Å². The minimum Gasteiger partial charge on any atom is -0.370 e. The Hall–Kier alpha value is -3.62. The average molecular weight is 541 g/mol. The van der Waals surface area contributed by atoms with E-state index in [2.05, 4.69) is 5.16 Å². The van der Waals surface area contributed by atoms with Crippen molar-refractivity contribution in [2.24, 2.45) is 5.73 Å². The Balaban J connectivity index is 1.88. The first kappa shape index (κ1) is 26.4. The van der Waals surface area contributed by atoms with Crippen LogP contribution < -0.4 is 11.3 Å². The number of nitrogens with two attached hydrogens (primary N) is 1. The maximum atomic E-state index is 13.8. The molecule has 1 unspecified atom stereocenters. The molecule has 2 aromatic heterocycles. The van der Waals surface area contributed by atoms with E-state index in [0.717, 1.165) is 5.56 Å². The molecule has 2 aromatic carbocycles. The fraction of sp³-hybridized carbons (Fsp3) is 0.259. The Bertz CT molecular complexity index is 1510. The summed E-state index contributed by atoms with van der Waals surface area (Å²) < 4.78 is 7.08. The van der Waals surface area contributed by atoms with E-state index in [0.29, 0.717) is 39.4 Å². The summed E-state index contributed by atoms with van der Waals surface area (Å²) in [5.41, 5.74) is 7.75. The van der Waals surface area contributed by atoms with E-state index in [1.54, 1.807) is 29.7 Å². The molecule has 0 spiro atoms. The van der Waals surface area contributed by atoms with Crippen molar-refractivity contribution < 1.29 is 14.1 Å². The number of hydrogen-bond donors (Lipinski definition) is 1. The van der Waals surface area contributed by atoms with Crippen molar-refractivity contribution in [2.45, 2.75) is 39.3 Å². The Morgan fingerprint density at radius 1 is 1.11 bits per heavy atom. The fourth-order valence-corrected chi connectivity index (χ4v) is 4.73. The van der Waals surface area contributed by atoms with Crippen LogP contribution >= 0.6 is 23.2 Å². The van der Waals surface area contributed by atoms with E-state index in [1.165, 1.54) is 11.0 Å². The molecule has 192 valence electrons.